The van der Waals surface area contributed by atoms with Gasteiger partial charge < -0.3 is 20.6 Å². The number of nitrogens with one attached hydrogen (secondary N) is 2. The van der Waals surface area contributed by atoms with Crippen LogP contribution in [0.15, 0.2) is 48.5 Å². The molecule has 2 amide bonds. The fraction of sp³-hybridized carbons (Fsp3) is 0.235. The molecule has 0 fully saturated rings. The molecule has 0 aromatic heterocycles. The predicted octanol–water partition coefficient (Wildman–Crippen LogP) is 2.49. The normalized spacial score (nSPS) is 12.9. The molecule has 0 radical (unpaired) electrons. The van der Waals surface area contributed by atoms with Crippen molar-refractivity contribution in [3.05, 3.63) is 54.1 Å². The number of aliphatic hydroxyl groups excluding tert-OH is 1. The zero-order valence-electron chi connectivity index (χ0n) is 12.2. The Morgan fingerprint density at radius 1 is 1.09 bits per heavy atom. The van der Waals surface area contributed by atoms with E-state index in [0.29, 0.717) is 0 Å². The Balaban J connectivity index is 1.85. The third-order valence-corrected chi connectivity index (χ3v) is 3.73. The molecule has 0 saturated heterocycles. The van der Waals surface area contributed by atoms with Crippen molar-refractivity contribution in [3.8, 4) is 0 Å². The summed E-state index contributed by atoms with van der Waals surface area (Å²) in [6.45, 7) is 1.06. The number of hydrogen-bond acceptors (Lipinski definition) is 3. The minimum Gasteiger partial charge on any atom is -0.395 e. The van der Waals surface area contributed by atoms with E-state index in [1.165, 1.54) is 11.3 Å². The largest absolute Gasteiger partial charge is 0.395 e. The average Bonchev–Trinajstić information content (AvgIpc) is 2.97. The van der Waals surface area contributed by atoms with Crippen molar-refractivity contribution in [1.29, 1.82) is 0 Å². The van der Waals surface area contributed by atoms with Gasteiger partial charge in [-0.1, -0.05) is 30.3 Å². The molecule has 0 atom stereocenters. The predicted molar refractivity (Wildman–Crippen MR) is 87.7 cm³/mol. The second kappa shape index (κ2) is 6.49. The number of aliphatic hydroxyl groups is 1. The van der Waals surface area contributed by atoms with Crippen molar-refractivity contribution in [3.63, 3.8) is 0 Å². The van der Waals surface area contributed by atoms with Crippen molar-refractivity contribution in [2.24, 2.45) is 0 Å². The number of hydrogen-bond donors (Lipinski definition) is 3. The molecule has 5 nitrogen and oxygen atoms in total. The Labute approximate surface area is 129 Å². The number of rotatable bonds is 4. The van der Waals surface area contributed by atoms with E-state index in [2.05, 4.69) is 33.7 Å². The van der Waals surface area contributed by atoms with Gasteiger partial charge in [0.1, 0.15) is 0 Å². The highest BCUT2D eigenvalue weighted by Crippen LogP contribution is 2.37. The highest BCUT2D eigenvalue weighted by molar-refractivity contribution is 5.94. The molecule has 1 aliphatic heterocycles. The molecule has 1 aliphatic rings. The summed E-state index contributed by atoms with van der Waals surface area (Å²) in [5.41, 5.74) is 4.25. The number of benzene rings is 2. The topological polar surface area (TPSA) is 64.6 Å². The highest BCUT2D eigenvalue weighted by Gasteiger charge is 2.22. The summed E-state index contributed by atoms with van der Waals surface area (Å²) in [5, 5.41) is 14.2. The maximum Gasteiger partial charge on any atom is 0.319 e. The van der Waals surface area contributed by atoms with Crippen LogP contribution in [0, 0.1) is 0 Å². The van der Waals surface area contributed by atoms with Crippen LogP contribution in [0.3, 0.4) is 0 Å². The van der Waals surface area contributed by atoms with Gasteiger partial charge in [0, 0.05) is 18.8 Å². The fourth-order valence-electron chi connectivity index (χ4n) is 2.74. The Kier molecular flexibility index (Phi) is 4.25. The van der Waals surface area contributed by atoms with Gasteiger partial charge in [0.05, 0.1) is 18.0 Å². The molecule has 0 aliphatic carbocycles. The summed E-state index contributed by atoms with van der Waals surface area (Å²) in [6, 6.07) is 15.8. The number of nitrogens with zero attached hydrogens (tertiary/aromatic N) is 1. The van der Waals surface area contributed by atoms with Gasteiger partial charge in [0.25, 0.3) is 0 Å². The molecular weight excluding hydrogens is 278 g/mol. The van der Waals surface area contributed by atoms with Gasteiger partial charge in [-0.3, -0.25) is 0 Å². The van der Waals surface area contributed by atoms with Crippen molar-refractivity contribution in [1.82, 2.24) is 5.32 Å². The monoisotopic (exact) mass is 297 g/mol. The summed E-state index contributed by atoms with van der Waals surface area (Å²) in [4.78, 5) is 14.1. The second-order valence-electron chi connectivity index (χ2n) is 5.15. The van der Waals surface area contributed by atoms with Crippen LogP contribution in [0.4, 0.5) is 21.9 Å². The van der Waals surface area contributed by atoms with E-state index < -0.39 is 0 Å². The van der Waals surface area contributed by atoms with E-state index in [9.17, 15) is 4.79 Å². The number of amides is 2. The number of fused-ring (bicyclic) bond motifs is 1. The third-order valence-electron chi connectivity index (χ3n) is 3.73. The highest BCUT2D eigenvalue weighted by atomic mass is 16.3. The van der Waals surface area contributed by atoms with E-state index in [-0.39, 0.29) is 19.2 Å². The lowest BCUT2D eigenvalue weighted by molar-refractivity contribution is 0.245. The van der Waals surface area contributed by atoms with Crippen LogP contribution in [0.5, 0.6) is 0 Å². The van der Waals surface area contributed by atoms with Crippen LogP contribution in [-0.2, 0) is 6.42 Å². The first kappa shape index (κ1) is 14.4. The molecule has 114 valence electrons. The van der Waals surface area contributed by atoms with Gasteiger partial charge >= 0.3 is 6.03 Å². The Morgan fingerprint density at radius 2 is 1.82 bits per heavy atom. The first-order valence-corrected chi connectivity index (χ1v) is 7.40. The molecule has 3 rings (SSSR count). The summed E-state index contributed by atoms with van der Waals surface area (Å²) in [6.07, 6.45) is 1.00. The van der Waals surface area contributed by atoms with Crippen LogP contribution in [0.25, 0.3) is 0 Å². The maximum atomic E-state index is 11.8. The van der Waals surface area contributed by atoms with Crippen LogP contribution < -0.4 is 15.5 Å². The molecular formula is C17H19N3O2. The van der Waals surface area contributed by atoms with Gasteiger partial charge in [0.15, 0.2) is 0 Å². The van der Waals surface area contributed by atoms with E-state index in [1.54, 1.807) is 0 Å². The molecule has 2 aromatic rings. The molecule has 3 N–H and O–H groups in total. The standard InChI is InChI=1S/C17H19N3O2/c21-12-10-18-17(22)19-14-6-2-4-8-16(14)20-11-9-13-5-1-3-7-15(13)20/h1-8,21H,9-12H2,(H2,18,19,22). The van der Waals surface area contributed by atoms with Crippen LogP contribution in [-0.4, -0.2) is 30.8 Å². The van der Waals surface area contributed by atoms with Gasteiger partial charge in [-0.05, 0) is 30.2 Å². The molecule has 2 aromatic carbocycles. The molecule has 0 unspecified atom stereocenters. The van der Waals surface area contributed by atoms with E-state index in [4.69, 9.17) is 5.11 Å². The minimum atomic E-state index is -0.311. The summed E-state index contributed by atoms with van der Waals surface area (Å²) in [7, 11) is 0. The third kappa shape index (κ3) is 2.89. The van der Waals surface area contributed by atoms with E-state index >= 15 is 0 Å². The number of urea groups is 1. The van der Waals surface area contributed by atoms with E-state index in [0.717, 1.165) is 24.3 Å². The van der Waals surface area contributed by atoms with Crippen molar-refractivity contribution in [2.45, 2.75) is 6.42 Å². The van der Waals surface area contributed by atoms with E-state index in [1.807, 2.05) is 30.3 Å². The zero-order chi connectivity index (χ0) is 15.4. The zero-order valence-corrected chi connectivity index (χ0v) is 12.2. The number of para-hydroxylation sites is 3. The van der Waals surface area contributed by atoms with Crippen molar-refractivity contribution < 1.29 is 9.90 Å². The minimum absolute atomic E-state index is 0.0748. The van der Waals surface area contributed by atoms with Crippen LogP contribution in [0.2, 0.25) is 0 Å². The lowest BCUT2D eigenvalue weighted by Gasteiger charge is -2.23. The number of carbonyl (C=O) groups is 1. The Morgan fingerprint density at radius 3 is 2.64 bits per heavy atom. The van der Waals surface area contributed by atoms with Gasteiger partial charge in [-0.2, -0.15) is 0 Å². The quantitative estimate of drug-likeness (QED) is 0.812. The molecule has 0 saturated carbocycles. The Bertz CT molecular complexity index is 672. The van der Waals surface area contributed by atoms with Crippen LogP contribution in [0.1, 0.15) is 5.56 Å². The summed E-state index contributed by atoms with van der Waals surface area (Å²) >= 11 is 0. The van der Waals surface area contributed by atoms with Gasteiger partial charge in [-0.15, -0.1) is 0 Å². The summed E-state index contributed by atoms with van der Waals surface area (Å²) < 4.78 is 0. The maximum absolute atomic E-state index is 11.8. The fourth-order valence-corrected chi connectivity index (χ4v) is 2.74. The molecule has 22 heavy (non-hydrogen) atoms. The van der Waals surface area contributed by atoms with Crippen LogP contribution >= 0.6 is 0 Å². The lowest BCUT2D eigenvalue weighted by atomic mass is 10.2. The van der Waals surface area contributed by atoms with Gasteiger partial charge in [-0.25, -0.2) is 4.79 Å². The summed E-state index contributed by atoms with van der Waals surface area (Å²) in [5.74, 6) is 0. The smallest absolute Gasteiger partial charge is 0.319 e. The second-order valence-corrected chi connectivity index (χ2v) is 5.15. The molecule has 5 heteroatoms. The molecule has 0 spiro atoms. The first-order valence-electron chi connectivity index (χ1n) is 7.40. The number of carbonyl (C=O) groups excluding carboxylic acids is 1. The van der Waals surface area contributed by atoms with Crippen molar-refractivity contribution in [2.75, 3.05) is 29.9 Å². The SMILES string of the molecule is O=C(NCCO)Nc1ccccc1N1CCc2ccccc21. The van der Waals surface area contributed by atoms with Gasteiger partial charge in [0.2, 0.25) is 0 Å². The lowest BCUT2D eigenvalue weighted by Crippen LogP contribution is -2.31. The Hall–Kier alpha value is -2.53. The number of anilines is 3. The first-order chi connectivity index (χ1) is 10.8. The average molecular weight is 297 g/mol. The van der Waals surface area contributed by atoms with Crippen molar-refractivity contribution >= 4 is 23.1 Å². The molecule has 0 bridgehead atoms. The molecule has 1 heterocycles.